The molecular formula is C14H35O4PSi2. The van der Waals surface area contributed by atoms with Crippen molar-refractivity contribution in [2.24, 2.45) is 5.92 Å². The van der Waals surface area contributed by atoms with Crippen molar-refractivity contribution >= 4 is 24.0 Å². The van der Waals surface area contributed by atoms with E-state index in [1.165, 1.54) is 6.42 Å². The highest BCUT2D eigenvalue weighted by molar-refractivity contribution is 7.46. The van der Waals surface area contributed by atoms with E-state index in [-0.39, 0.29) is 12.5 Å². The molecule has 0 amide bonds. The van der Waals surface area contributed by atoms with Crippen LogP contribution in [-0.4, -0.2) is 32.5 Å². The van der Waals surface area contributed by atoms with E-state index < -0.39 is 24.0 Å². The number of hydrogen-bond acceptors (Lipinski definition) is 2. The van der Waals surface area contributed by atoms with Crippen molar-refractivity contribution in [3.05, 3.63) is 0 Å². The van der Waals surface area contributed by atoms with E-state index in [9.17, 15) is 4.57 Å². The molecule has 128 valence electrons. The zero-order valence-corrected chi connectivity index (χ0v) is 17.7. The Kier molecular flexibility index (Phi) is 8.63. The SMILES string of the molecule is CCC(CCCC([Si](C)(C)C)[Si](C)(C)C)COP(=O)(O)O. The maximum absolute atomic E-state index is 10.8. The zero-order chi connectivity index (χ0) is 16.9. The lowest BCUT2D eigenvalue weighted by molar-refractivity contribution is 0.161. The van der Waals surface area contributed by atoms with Crippen molar-refractivity contribution in [3.63, 3.8) is 0 Å². The topological polar surface area (TPSA) is 66.8 Å². The molecule has 0 rings (SSSR count). The lowest BCUT2D eigenvalue weighted by Gasteiger charge is -2.38. The molecule has 0 aromatic rings. The van der Waals surface area contributed by atoms with Crippen LogP contribution < -0.4 is 0 Å². The molecule has 1 unspecified atom stereocenters. The van der Waals surface area contributed by atoms with Crippen LogP contribution in [-0.2, 0) is 9.09 Å². The van der Waals surface area contributed by atoms with Crippen molar-refractivity contribution < 1.29 is 18.9 Å². The summed E-state index contributed by atoms with van der Waals surface area (Å²) in [6, 6.07) is 0. The van der Waals surface area contributed by atoms with Gasteiger partial charge < -0.3 is 9.79 Å². The molecule has 0 radical (unpaired) electrons. The van der Waals surface area contributed by atoms with Gasteiger partial charge in [-0.15, -0.1) is 0 Å². The maximum atomic E-state index is 10.8. The first-order valence-electron chi connectivity index (χ1n) is 7.97. The Bertz CT molecular complexity index is 330. The van der Waals surface area contributed by atoms with Gasteiger partial charge in [-0.3, -0.25) is 4.52 Å². The molecule has 0 saturated heterocycles. The summed E-state index contributed by atoms with van der Waals surface area (Å²) in [5.74, 6) is 0.251. The number of phosphoric ester groups is 1. The van der Waals surface area contributed by atoms with Crippen LogP contribution in [0.2, 0.25) is 44.4 Å². The van der Waals surface area contributed by atoms with Crippen LogP contribution in [0.5, 0.6) is 0 Å². The van der Waals surface area contributed by atoms with Crippen LogP contribution in [0.4, 0.5) is 0 Å². The van der Waals surface area contributed by atoms with Crippen molar-refractivity contribution in [2.75, 3.05) is 6.61 Å². The van der Waals surface area contributed by atoms with E-state index in [4.69, 9.17) is 9.79 Å². The highest BCUT2D eigenvalue weighted by Crippen LogP contribution is 2.39. The molecule has 0 aliphatic rings. The first-order valence-corrected chi connectivity index (χ1v) is 16.7. The Balaban J connectivity index is 4.39. The van der Waals surface area contributed by atoms with E-state index in [1.54, 1.807) is 0 Å². The van der Waals surface area contributed by atoms with Crippen LogP contribution >= 0.6 is 7.82 Å². The van der Waals surface area contributed by atoms with Crippen LogP contribution in [0.25, 0.3) is 0 Å². The van der Waals surface area contributed by atoms with Gasteiger partial charge >= 0.3 is 7.82 Å². The fourth-order valence-corrected chi connectivity index (χ4v) is 16.3. The monoisotopic (exact) mass is 354 g/mol. The van der Waals surface area contributed by atoms with Gasteiger partial charge in [-0.25, -0.2) is 4.57 Å². The third kappa shape index (κ3) is 10.0. The lowest BCUT2D eigenvalue weighted by atomic mass is 10.0. The Morgan fingerprint density at radius 1 is 1.00 bits per heavy atom. The average Bonchev–Trinajstić information content (AvgIpc) is 2.23. The largest absolute Gasteiger partial charge is 0.469 e. The van der Waals surface area contributed by atoms with Gasteiger partial charge in [0.2, 0.25) is 0 Å². The third-order valence-corrected chi connectivity index (χ3v) is 14.7. The van der Waals surface area contributed by atoms with Crippen molar-refractivity contribution in [1.29, 1.82) is 0 Å². The molecule has 0 aromatic carbocycles. The molecule has 1 atom stereocenters. The second-order valence-electron chi connectivity index (χ2n) is 8.28. The molecule has 2 N–H and O–H groups in total. The van der Waals surface area contributed by atoms with E-state index in [0.717, 1.165) is 24.4 Å². The Hall–Kier alpha value is 0.544. The fourth-order valence-electron chi connectivity index (χ4n) is 3.38. The highest BCUT2D eigenvalue weighted by atomic mass is 31.2. The quantitative estimate of drug-likeness (QED) is 0.433. The van der Waals surface area contributed by atoms with Gasteiger partial charge in [0.25, 0.3) is 0 Å². The number of phosphoric acid groups is 1. The van der Waals surface area contributed by atoms with Crippen LogP contribution in [0.15, 0.2) is 0 Å². The second kappa shape index (κ2) is 8.41. The first kappa shape index (κ1) is 21.5. The maximum Gasteiger partial charge on any atom is 0.469 e. The minimum absolute atomic E-state index is 0.172. The van der Waals surface area contributed by atoms with E-state index in [1.807, 2.05) is 0 Å². The number of rotatable bonds is 10. The van der Waals surface area contributed by atoms with Gasteiger partial charge in [0.15, 0.2) is 0 Å². The van der Waals surface area contributed by atoms with Gasteiger partial charge in [-0.1, -0.05) is 70.6 Å². The molecule has 4 nitrogen and oxygen atoms in total. The molecule has 0 aromatic heterocycles. The Labute approximate surface area is 132 Å². The lowest BCUT2D eigenvalue weighted by Crippen LogP contribution is -2.43. The second-order valence-corrected chi connectivity index (χ2v) is 21.0. The third-order valence-electron chi connectivity index (χ3n) is 4.25. The molecule has 21 heavy (non-hydrogen) atoms. The fraction of sp³-hybridized carbons (Fsp3) is 1.00. The van der Waals surface area contributed by atoms with E-state index in [0.29, 0.717) is 0 Å². The summed E-state index contributed by atoms with van der Waals surface area (Å²) < 4.78 is 15.4. The van der Waals surface area contributed by atoms with Crippen LogP contribution in [0.1, 0.15) is 32.6 Å². The summed E-state index contributed by atoms with van der Waals surface area (Å²) >= 11 is 0. The zero-order valence-electron chi connectivity index (χ0n) is 14.8. The van der Waals surface area contributed by atoms with Crippen molar-refractivity contribution in [3.8, 4) is 0 Å². The van der Waals surface area contributed by atoms with Gasteiger partial charge in [-0.2, -0.15) is 0 Å². The summed E-state index contributed by atoms with van der Waals surface area (Å²) in [4.78, 5) is 17.6. The molecule has 0 spiro atoms. The van der Waals surface area contributed by atoms with E-state index >= 15 is 0 Å². The minimum atomic E-state index is -4.32. The van der Waals surface area contributed by atoms with Gasteiger partial charge in [0.1, 0.15) is 0 Å². The molecular weight excluding hydrogens is 319 g/mol. The molecule has 0 fully saturated rings. The minimum Gasteiger partial charge on any atom is -0.303 e. The summed E-state index contributed by atoms with van der Waals surface area (Å²) in [6.45, 7) is 17.0. The average molecular weight is 355 g/mol. The summed E-state index contributed by atoms with van der Waals surface area (Å²) in [5, 5.41) is 0.894. The molecule has 0 saturated carbocycles. The standard InChI is InChI=1S/C14H35O4PSi2/c1-8-13(12-18-19(15,16)17)10-9-11-14(20(2,3)4)21(5,6)7/h13-14H,8-12H2,1-7H3,(H2,15,16,17). The number of hydrogen-bond donors (Lipinski definition) is 2. The summed E-state index contributed by atoms with van der Waals surface area (Å²) in [6.07, 6.45) is 4.31. The van der Waals surface area contributed by atoms with Gasteiger partial charge in [0, 0.05) is 16.1 Å². The summed E-state index contributed by atoms with van der Waals surface area (Å²) in [7, 11) is -6.62. The van der Waals surface area contributed by atoms with Crippen molar-refractivity contribution in [1.82, 2.24) is 0 Å². The molecule has 0 aliphatic carbocycles. The molecule has 0 bridgehead atoms. The van der Waals surface area contributed by atoms with Crippen LogP contribution in [0.3, 0.4) is 0 Å². The Morgan fingerprint density at radius 2 is 1.48 bits per heavy atom. The summed E-state index contributed by atoms with van der Waals surface area (Å²) in [5.41, 5.74) is 0. The molecule has 0 heterocycles. The molecule has 7 heteroatoms. The smallest absolute Gasteiger partial charge is 0.303 e. The predicted molar refractivity (Wildman–Crippen MR) is 96.1 cm³/mol. The Morgan fingerprint density at radius 3 is 1.81 bits per heavy atom. The molecule has 0 aliphatic heterocycles. The van der Waals surface area contributed by atoms with Crippen LogP contribution in [0, 0.1) is 5.92 Å². The predicted octanol–water partition coefficient (Wildman–Crippen LogP) is 4.88. The first-order chi connectivity index (χ1) is 9.27. The normalized spacial score (nSPS) is 15.5. The van der Waals surface area contributed by atoms with Gasteiger partial charge in [0.05, 0.1) is 6.61 Å². The van der Waals surface area contributed by atoms with Crippen molar-refractivity contribution in [2.45, 2.75) is 77.1 Å². The highest BCUT2D eigenvalue weighted by Gasteiger charge is 2.36. The van der Waals surface area contributed by atoms with Gasteiger partial charge in [-0.05, 0) is 12.3 Å². The van der Waals surface area contributed by atoms with E-state index in [2.05, 4.69) is 50.7 Å².